The Bertz CT molecular complexity index is 590. The lowest BCUT2D eigenvalue weighted by Crippen LogP contribution is -2.37. The zero-order valence-electron chi connectivity index (χ0n) is 26.8. The fourth-order valence-electron chi connectivity index (χ4n) is 5.97. The van der Waals surface area contributed by atoms with Gasteiger partial charge < -0.3 is 0 Å². The van der Waals surface area contributed by atoms with Crippen LogP contribution in [0.15, 0.2) is 12.4 Å². The molecule has 0 aliphatic carbocycles. The molecule has 1 aromatic rings. The highest BCUT2D eigenvalue weighted by molar-refractivity contribution is 4.84. The fraction of sp³-hybridized carbons (Fsp3) is 0.917. The van der Waals surface area contributed by atoms with Gasteiger partial charge in [-0.1, -0.05) is 162 Å². The molecule has 1 rings (SSSR count). The monoisotopic (exact) mass is 532 g/mol. The molecule has 0 N–H and O–H groups in total. The highest BCUT2D eigenvalue weighted by Gasteiger charge is 2.16. The number of imidazole rings is 1. The molecule has 0 saturated heterocycles. The molecule has 1 heterocycles. The lowest BCUT2D eigenvalue weighted by atomic mass is 10.1. The van der Waals surface area contributed by atoms with Crippen LogP contribution in [0.25, 0.3) is 0 Å². The van der Waals surface area contributed by atoms with Crippen LogP contribution in [0.4, 0.5) is 0 Å². The van der Waals surface area contributed by atoms with Crippen molar-refractivity contribution in [1.29, 1.82) is 0 Å². The molecule has 0 aromatic carbocycles. The first-order chi connectivity index (χ1) is 18.8. The molecule has 0 bridgehead atoms. The van der Waals surface area contributed by atoms with Crippen molar-refractivity contribution in [3.8, 4) is 0 Å². The number of hydrogen-bond acceptors (Lipinski definition) is 0. The molecule has 0 unspecified atom stereocenters. The van der Waals surface area contributed by atoms with Gasteiger partial charge in [0.1, 0.15) is 12.4 Å². The Morgan fingerprint density at radius 3 is 1.26 bits per heavy atom. The number of rotatable bonds is 30. The van der Waals surface area contributed by atoms with Crippen molar-refractivity contribution in [3.05, 3.63) is 18.2 Å². The first-order valence-electron chi connectivity index (χ1n) is 17.9. The predicted octanol–water partition coefficient (Wildman–Crippen LogP) is 11.9. The first-order valence-corrected chi connectivity index (χ1v) is 17.9. The number of aryl methyl sites for hydroxylation is 2. The van der Waals surface area contributed by atoms with Gasteiger partial charge in [-0.05, 0) is 32.1 Å². The summed E-state index contributed by atoms with van der Waals surface area (Å²) in [6.45, 7) is 9.39. The maximum atomic E-state index is 2.62. The summed E-state index contributed by atoms with van der Waals surface area (Å²) in [6.07, 6.45) is 44.4. The van der Waals surface area contributed by atoms with E-state index in [1.54, 1.807) is 5.82 Å². The van der Waals surface area contributed by atoms with Crippen molar-refractivity contribution < 1.29 is 4.57 Å². The molecule has 38 heavy (non-hydrogen) atoms. The van der Waals surface area contributed by atoms with Crippen LogP contribution in [-0.2, 0) is 19.5 Å². The normalized spacial score (nSPS) is 11.6. The second kappa shape index (κ2) is 27.8. The van der Waals surface area contributed by atoms with Gasteiger partial charge in [0.2, 0.25) is 0 Å². The van der Waals surface area contributed by atoms with Crippen LogP contribution in [0, 0.1) is 0 Å². The van der Waals surface area contributed by atoms with E-state index >= 15 is 0 Å². The van der Waals surface area contributed by atoms with E-state index in [-0.39, 0.29) is 0 Å². The highest BCUT2D eigenvalue weighted by Crippen LogP contribution is 2.14. The van der Waals surface area contributed by atoms with Crippen LogP contribution >= 0.6 is 0 Å². The summed E-state index contributed by atoms with van der Waals surface area (Å²) in [6, 6.07) is 0. The molecule has 2 heteroatoms. The largest absolute Gasteiger partial charge is 0.256 e. The minimum absolute atomic E-state index is 1.23. The van der Waals surface area contributed by atoms with E-state index in [2.05, 4.69) is 42.3 Å². The minimum atomic E-state index is 1.23. The van der Waals surface area contributed by atoms with Crippen LogP contribution in [0.1, 0.15) is 200 Å². The molecule has 1 aromatic heterocycles. The van der Waals surface area contributed by atoms with Crippen LogP contribution in [0.2, 0.25) is 0 Å². The molecule has 0 spiro atoms. The zero-order valence-corrected chi connectivity index (χ0v) is 26.8. The van der Waals surface area contributed by atoms with Gasteiger partial charge in [-0.2, -0.15) is 0 Å². The number of nitrogens with zero attached hydrogens (tertiary/aromatic N) is 2. The van der Waals surface area contributed by atoms with E-state index in [1.807, 2.05) is 0 Å². The number of hydrogen-bond donors (Lipinski definition) is 0. The zero-order chi connectivity index (χ0) is 27.4. The third kappa shape index (κ3) is 20.2. The maximum absolute atomic E-state index is 2.62. The SMILES string of the molecule is CCCCCCCCCCCCC[n+]1ccn(CCCCCCCCCCCC)c1CCCCCCCC. The Hall–Kier alpha value is -0.790. The van der Waals surface area contributed by atoms with E-state index in [4.69, 9.17) is 0 Å². The summed E-state index contributed by atoms with van der Waals surface area (Å²) >= 11 is 0. The fourth-order valence-corrected chi connectivity index (χ4v) is 5.97. The molecule has 2 nitrogen and oxygen atoms in total. The van der Waals surface area contributed by atoms with Crippen LogP contribution in [0.3, 0.4) is 0 Å². The smallest absolute Gasteiger partial charge is 0.234 e. The minimum Gasteiger partial charge on any atom is -0.234 e. The highest BCUT2D eigenvalue weighted by atomic mass is 15.1. The van der Waals surface area contributed by atoms with Crippen molar-refractivity contribution in [1.82, 2.24) is 4.57 Å². The standard InChI is InChI=1S/C36H71N2/c1-4-7-10-13-16-18-20-22-24-27-30-33-38-35-34-37(36(38)31-28-25-15-12-9-6-3)32-29-26-23-21-19-17-14-11-8-5-2/h34-35H,4-33H2,1-3H3/q+1. The van der Waals surface area contributed by atoms with Gasteiger partial charge in [0.15, 0.2) is 0 Å². The third-order valence-corrected chi connectivity index (χ3v) is 8.60. The molecular formula is C36H71N2+. The van der Waals surface area contributed by atoms with E-state index in [9.17, 15) is 0 Å². The molecule has 0 saturated carbocycles. The van der Waals surface area contributed by atoms with Crippen molar-refractivity contribution in [2.24, 2.45) is 0 Å². The van der Waals surface area contributed by atoms with E-state index in [0.717, 1.165) is 0 Å². The Balaban J connectivity index is 2.29. The molecular weight excluding hydrogens is 460 g/mol. The average Bonchev–Trinajstić information content (AvgIpc) is 3.31. The third-order valence-electron chi connectivity index (χ3n) is 8.60. The number of unbranched alkanes of at least 4 members (excludes halogenated alkanes) is 24. The second-order valence-electron chi connectivity index (χ2n) is 12.3. The summed E-state index contributed by atoms with van der Waals surface area (Å²) in [7, 11) is 0. The van der Waals surface area contributed by atoms with Gasteiger partial charge in [0.05, 0.1) is 13.1 Å². The van der Waals surface area contributed by atoms with Gasteiger partial charge in [0, 0.05) is 6.42 Å². The lowest BCUT2D eigenvalue weighted by Gasteiger charge is -2.07. The second-order valence-corrected chi connectivity index (χ2v) is 12.3. The van der Waals surface area contributed by atoms with E-state index in [1.165, 1.54) is 193 Å². The Morgan fingerprint density at radius 2 is 0.816 bits per heavy atom. The van der Waals surface area contributed by atoms with Gasteiger partial charge in [-0.3, -0.25) is 0 Å². The van der Waals surface area contributed by atoms with Gasteiger partial charge >= 0.3 is 0 Å². The summed E-state index contributed by atoms with van der Waals surface area (Å²) in [5, 5.41) is 0. The summed E-state index contributed by atoms with van der Waals surface area (Å²) < 4.78 is 5.24. The van der Waals surface area contributed by atoms with Crippen molar-refractivity contribution in [3.63, 3.8) is 0 Å². The van der Waals surface area contributed by atoms with Gasteiger partial charge in [-0.25, -0.2) is 9.13 Å². The molecule has 0 fully saturated rings. The quantitative estimate of drug-likeness (QED) is 0.0689. The van der Waals surface area contributed by atoms with Crippen molar-refractivity contribution >= 4 is 0 Å². The van der Waals surface area contributed by atoms with E-state index in [0.29, 0.717) is 0 Å². The number of aromatic nitrogens is 2. The Labute approximate surface area is 240 Å². The molecule has 0 atom stereocenters. The summed E-state index contributed by atoms with van der Waals surface area (Å²) in [5.74, 6) is 1.61. The predicted molar refractivity (Wildman–Crippen MR) is 170 cm³/mol. The average molecular weight is 532 g/mol. The first kappa shape index (κ1) is 35.2. The molecule has 0 aliphatic rings. The topological polar surface area (TPSA) is 8.81 Å². The Kier molecular flexibility index (Phi) is 25.7. The molecule has 0 radical (unpaired) electrons. The summed E-state index contributed by atoms with van der Waals surface area (Å²) in [4.78, 5) is 0. The van der Waals surface area contributed by atoms with Crippen LogP contribution in [0.5, 0.6) is 0 Å². The molecule has 224 valence electrons. The van der Waals surface area contributed by atoms with E-state index < -0.39 is 0 Å². The Morgan fingerprint density at radius 1 is 0.447 bits per heavy atom. The van der Waals surface area contributed by atoms with Crippen molar-refractivity contribution in [2.45, 2.75) is 214 Å². The van der Waals surface area contributed by atoms with Gasteiger partial charge in [0.25, 0.3) is 5.82 Å². The van der Waals surface area contributed by atoms with Crippen molar-refractivity contribution in [2.75, 3.05) is 0 Å². The van der Waals surface area contributed by atoms with Crippen LogP contribution in [-0.4, -0.2) is 4.57 Å². The maximum Gasteiger partial charge on any atom is 0.256 e. The lowest BCUT2D eigenvalue weighted by molar-refractivity contribution is -0.704. The molecule has 0 aliphatic heterocycles. The van der Waals surface area contributed by atoms with Gasteiger partial charge in [-0.15, -0.1) is 0 Å². The molecule has 0 amide bonds. The summed E-state index contributed by atoms with van der Waals surface area (Å²) in [5.41, 5.74) is 0. The van der Waals surface area contributed by atoms with Crippen LogP contribution < -0.4 is 4.57 Å².